The predicted octanol–water partition coefficient (Wildman–Crippen LogP) is 2.30. The summed E-state index contributed by atoms with van der Waals surface area (Å²) in [5, 5.41) is 0. The molecule has 0 aromatic heterocycles. The first kappa shape index (κ1) is 13.3. The SMILES string of the molecule is N[14C@@H]([14CH2][14c]1[14cH][14cH][14cH][14cH][14cH]1)[14C](=O)OCc1ccccc1. The van der Waals surface area contributed by atoms with Crippen molar-refractivity contribution < 1.29 is 9.53 Å². The van der Waals surface area contributed by atoms with Crippen LogP contribution < -0.4 is 5.73 Å². The summed E-state index contributed by atoms with van der Waals surface area (Å²) >= 11 is 0. The van der Waals surface area contributed by atoms with Crippen molar-refractivity contribution >= 4 is 5.97 Å². The molecule has 3 nitrogen and oxygen atoms in total. The van der Waals surface area contributed by atoms with Gasteiger partial charge in [-0.25, -0.2) is 0 Å². The van der Waals surface area contributed by atoms with Crippen LogP contribution in [0.2, 0.25) is 0 Å². The van der Waals surface area contributed by atoms with Crippen LogP contribution in [0, 0.1) is 0 Å². The predicted molar refractivity (Wildman–Crippen MR) is 74.4 cm³/mol. The molecule has 2 N–H and O–H groups in total. The number of ether oxygens (including phenoxy) is 1. The van der Waals surface area contributed by atoms with Gasteiger partial charge in [-0.05, 0) is 17.5 Å². The van der Waals surface area contributed by atoms with Gasteiger partial charge in [-0.1, -0.05) is 60.7 Å². The third-order valence-corrected chi connectivity index (χ3v) is 2.83. The monoisotopic (exact) mass is 273 g/mol. The lowest BCUT2D eigenvalue weighted by Crippen LogP contribution is -2.34. The summed E-state index contributed by atoms with van der Waals surface area (Å²) in [4.78, 5) is 11.8. The van der Waals surface area contributed by atoms with Crippen molar-refractivity contribution in [3.05, 3.63) is 71.8 Å². The van der Waals surface area contributed by atoms with E-state index in [1.807, 2.05) is 60.7 Å². The minimum absolute atomic E-state index is 0.266. The molecular formula is C16H17NO2. The smallest absolute Gasteiger partial charge is 0.323 e. The van der Waals surface area contributed by atoms with Crippen molar-refractivity contribution in [3.8, 4) is 0 Å². The summed E-state index contributed by atoms with van der Waals surface area (Å²) in [5.74, 6) is -0.368. The lowest BCUT2D eigenvalue weighted by Gasteiger charge is -2.11. The third kappa shape index (κ3) is 4.23. The molecule has 0 fully saturated rings. The molecule has 0 aliphatic carbocycles. The highest BCUT2D eigenvalue weighted by Gasteiger charge is 2.15. The van der Waals surface area contributed by atoms with E-state index >= 15 is 0 Å². The van der Waals surface area contributed by atoms with E-state index in [1.165, 1.54) is 0 Å². The number of nitrogens with two attached hydrogens (primary N) is 1. The molecule has 0 saturated carbocycles. The van der Waals surface area contributed by atoms with Gasteiger partial charge in [-0.2, -0.15) is 0 Å². The minimum atomic E-state index is -0.619. The second kappa shape index (κ2) is 6.71. The van der Waals surface area contributed by atoms with Crippen molar-refractivity contribution in [2.24, 2.45) is 5.73 Å². The fourth-order valence-corrected chi connectivity index (χ4v) is 1.79. The van der Waals surface area contributed by atoms with Gasteiger partial charge in [0.25, 0.3) is 0 Å². The highest BCUT2D eigenvalue weighted by Crippen LogP contribution is 2.05. The topological polar surface area (TPSA) is 52.3 Å². The van der Waals surface area contributed by atoms with E-state index in [9.17, 15) is 4.79 Å². The summed E-state index contributed by atoms with van der Waals surface area (Å²) in [6.45, 7) is 0.266. The Bertz CT molecular complexity index is 511. The second-order valence-corrected chi connectivity index (χ2v) is 4.39. The average Bonchev–Trinajstić information content (AvgIpc) is 2.47. The molecule has 2 aromatic carbocycles. The quantitative estimate of drug-likeness (QED) is 0.850. The van der Waals surface area contributed by atoms with E-state index in [0.29, 0.717) is 6.42 Å². The Morgan fingerprint density at radius 3 is 2.63 bits per heavy atom. The zero-order valence-corrected chi connectivity index (χ0v) is 10.7. The van der Waals surface area contributed by atoms with Gasteiger partial charge >= 0.3 is 5.97 Å². The van der Waals surface area contributed by atoms with E-state index in [1.54, 1.807) is 0 Å². The molecule has 0 spiro atoms. The molecule has 0 aliphatic heterocycles. The molecule has 0 amide bonds. The number of rotatable bonds is 5. The summed E-state index contributed by atoms with van der Waals surface area (Å²) in [6, 6.07) is 18.6. The maximum atomic E-state index is 11.8. The number of carbonyl (C=O) groups is 1. The normalized spacial score (nSPS) is 11.8. The molecular weight excluding hydrogens is 256 g/mol. The standard InChI is InChI=1S/C16H17NO2/c17-15(11-13-7-3-1-4-8-13)16(18)19-12-14-9-5-2-6-10-14/h1-10,15H,11-12,17H2/t15-/m0/s1/i1+2,3+2,4+2,7+2,8+2,11+2,13+2,15+2,16+2. The largest absolute Gasteiger partial charge is 0.460 e. The molecule has 19 heavy (non-hydrogen) atoms. The van der Waals surface area contributed by atoms with E-state index in [4.69, 9.17) is 10.5 Å². The lowest BCUT2D eigenvalue weighted by atomic mass is 10.2. The third-order valence-electron chi connectivity index (χ3n) is 2.83. The zero-order chi connectivity index (χ0) is 13.5. The molecule has 0 radical (unpaired) electrons. The van der Waals surface area contributed by atoms with Crippen LogP contribution in [0.15, 0.2) is 60.7 Å². The van der Waals surface area contributed by atoms with Crippen LogP contribution in [0.5, 0.6) is 0 Å². The Kier molecular flexibility index (Phi) is 4.70. The molecule has 0 bridgehead atoms. The van der Waals surface area contributed by atoms with Gasteiger partial charge in [0.2, 0.25) is 0 Å². The van der Waals surface area contributed by atoms with E-state index in [0.717, 1.165) is 11.1 Å². The van der Waals surface area contributed by atoms with Crippen LogP contribution in [0.4, 0.5) is 0 Å². The van der Waals surface area contributed by atoms with Crippen LogP contribution in [-0.4, -0.2) is 12.0 Å². The number of hydrogen-bond donors (Lipinski definition) is 1. The Hall–Kier alpha value is -2.13. The summed E-state index contributed by atoms with van der Waals surface area (Å²) < 4.78 is 5.20. The van der Waals surface area contributed by atoms with E-state index < -0.39 is 6.04 Å². The van der Waals surface area contributed by atoms with Gasteiger partial charge in [0.15, 0.2) is 0 Å². The van der Waals surface area contributed by atoms with Crippen LogP contribution in [0.1, 0.15) is 11.1 Å². The number of benzene rings is 2. The van der Waals surface area contributed by atoms with E-state index in [2.05, 4.69) is 0 Å². The van der Waals surface area contributed by atoms with Crippen molar-refractivity contribution in [1.29, 1.82) is 0 Å². The molecule has 0 saturated heterocycles. The number of hydrogen-bond acceptors (Lipinski definition) is 3. The van der Waals surface area contributed by atoms with Gasteiger partial charge in [-0.3, -0.25) is 4.79 Å². The van der Waals surface area contributed by atoms with Gasteiger partial charge in [0.05, 0.1) is 0 Å². The molecule has 2 rings (SSSR count). The molecule has 0 aliphatic rings. The summed E-state index contributed by atoms with van der Waals surface area (Å²) in [7, 11) is 0. The minimum Gasteiger partial charge on any atom is -0.460 e. The Balaban J connectivity index is 1.83. The lowest BCUT2D eigenvalue weighted by molar-refractivity contribution is -0.146. The maximum Gasteiger partial charge on any atom is 0.323 e. The molecule has 98 valence electrons. The zero-order valence-electron chi connectivity index (χ0n) is 10.7. The Labute approximate surface area is 113 Å². The van der Waals surface area contributed by atoms with Crippen LogP contribution in [0.25, 0.3) is 0 Å². The van der Waals surface area contributed by atoms with Gasteiger partial charge in [-0.15, -0.1) is 0 Å². The Morgan fingerprint density at radius 2 is 1.95 bits per heavy atom. The summed E-state index contributed by atoms with van der Waals surface area (Å²) in [6.07, 6.45) is 0.495. The first-order valence-electron chi connectivity index (χ1n) is 6.26. The van der Waals surface area contributed by atoms with Crippen LogP contribution in [0.3, 0.4) is 0 Å². The van der Waals surface area contributed by atoms with Crippen molar-refractivity contribution in [2.45, 2.75) is 19.1 Å². The first-order valence-corrected chi connectivity index (χ1v) is 6.26. The average molecular weight is 273 g/mol. The molecule has 0 unspecified atom stereocenters. The van der Waals surface area contributed by atoms with Gasteiger partial charge in [0.1, 0.15) is 12.6 Å². The van der Waals surface area contributed by atoms with Gasteiger partial charge < -0.3 is 10.5 Å². The molecule has 3 heteroatoms. The fourth-order valence-electron chi connectivity index (χ4n) is 1.79. The summed E-state index contributed by atoms with van der Waals surface area (Å²) in [5.41, 5.74) is 7.83. The van der Waals surface area contributed by atoms with Crippen molar-refractivity contribution in [2.75, 3.05) is 0 Å². The first-order chi connectivity index (χ1) is 9.25. The molecule has 1 atom stereocenters. The number of esters is 1. The van der Waals surface area contributed by atoms with Crippen molar-refractivity contribution in [3.63, 3.8) is 0 Å². The fraction of sp³-hybridized carbons (Fsp3) is 0.188. The second-order valence-electron chi connectivity index (χ2n) is 4.39. The van der Waals surface area contributed by atoms with Crippen molar-refractivity contribution in [1.82, 2.24) is 0 Å². The van der Waals surface area contributed by atoms with Crippen LogP contribution in [-0.2, 0) is 22.6 Å². The van der Waals surface area contributed by atoms with Gasteiger partial charge in [0, 0.05) is 0 Å². The van der Waals surface area contributed by atoms with Crippen LogP contribution >= 0.6 is 0 Å². The maximum absolute atomic E-state index is 11.8. The Morgan fingerprint density at radius 1 is 1.26 bits per heavy atom. The molecule has 2 aromatic rings. The highest BCUT2D eigenvalue weighted by atomic mass is 16.8. The van der Waals surface area contributed by atoms with E-state index in [-0.39, 0.29) is 12.6 Å². The number of carbonyl (C=O) groups excluding carboxylic acids is 1. The highest BCUT2D eigenvalue weighted by molar-refractivity contribution is 5.75. The molecule has 0 heterocycles.